The van der Waals surface area contributed by atoms with E-state index < -0.39 is 0 Å². The largest absolute Gasteiger partial charge is 0.331 e. The number of carbonyl (C=O) groups excluding carboxylic acids is 1. The van der Waals surface area contributed by atoms with Crippen LogP contribution in [-0.4, -0.2) is 49.1 Å². The maximum Gasteiger partial charge on any atom is 0.294 e. The molecule has 2 aromatic carbocycles. The van der Waals surface area contributed by atoms with Gasteiger partial charge in [0.1, 0.15) is 0 Å². The molecule has 0 saturated carbocycles. The van der Waals surface area contributed by atoms with Gasteiger partial charge >= 0.3 is 0 Å². The van der Waals surface area contributed by atoms with Crippen LogP contribution in [-0.2, 0) is 0 Å². The Morgan fingerprint density at radius 1 is 1.10 bits per heavy atom. The van der Waals surface area contributed by atoms with Crippen LogP contribution >= 0.6 is 12.2 Å². The number of carbonyl (C=O) groups is 1. The minimum absolute atomic E-state index is 0.248. The first-order chi connectivity index (χ1) is 14.6. The van der Waals surface area contributed by atoms with Crippen LogP contribution < -0.4 is 5.32 Å². The van der Waals surface area contributed by atoms with Gasteiger partial charge < -0.3 is 5.32 Å². The number of nitrogens with zero attached hydrogens (tertiary/aromatic N) is 6. The molecule has 3 aromatic rings. The number of rotatable bonds is 3. The molecule has 4 rings (SSSR count). The van der Waals surface area contributed by atoms with Gasteiger partial charge in [0.15, 0.2) is 10.8 Å². The number of nitriles is 1. The van der Waals surface area contributed by atoms with Gasteiger partial charge in [0.2, 0.25) is 0 Å². The number of amides is 1. The Morgan fingerprint density at radius 3 is 2.63 bits per heavy atom. The first-order valence-corrected chi connectivity index (χ1v) is 9.87. The molecular weight excluding hydrogens is 398 g/mol. The van der Waals surface area contributed by atoms with E-state index in [0.717, 1.165) is 12.1 Å². The van der Waals surface area contributed by atoms with Crippen molar-refractivity contribution < 1.29 is 4.79 Å². The highest BCUT2D eigenvalue weighted by atomic mass is 32.1. The second kappa shape index (κ2) is 8.31. The van der Waals surface area contributed by atoms with Crippen molar-refractivity contribution in [3.05, 3.63) is 71.5 Å². The molecule has 1 amide bonds. The van der Waals surface area contributed by atoms with Gasteiger partial charge in [0.25, 0.3) is 5.91 Å². The van der Waals surface area contributed by atoms with Crippen molar-refractivity contribution in [2.45, 2.75) is 13.3 Å². The van der Waals surface area contributed by atoms with Crippen LogP contribution in [0.2, 0.25) is 0 Å². The summed E-state index contributed by atoms with van der Waals surface area (Å²) in [6.07, 6.45) is 0.789. The summed E-state index contributed by atoms with van der Waals surface area (Å²) in [5.41, 5.74) is 2.86. The fraction of sp³-hybridized carbons (Fsp3) is 0.190. The van der Waals surface area contributed by atoms with Crippen molar-refractivity contribution in [2.24, 2.45) is 0 Å². The molecule has 1 saturated heterocycles. The van der Waals surface area contributed by atoms with E-state index in [1.807, 2.05) is 36.4 Å². The molecule has 1 aliphatic rings. The Labute approximate surface area is 179 Å². The molecule has 0 aliphatic carbocycles. The number of thiocarbonyl (C=S) groups is 1. The molecule has 1 aliphatic heterocycles. The summed E-state index contributed by atoms with van der Waals surface area (Å²) in [5.74, 6) is -0.248. The fourth-order valence-electron chi connectivity index (χ4n) is 3.26. The van der Waals surface area contributed by atoms with Gasteiger partial charge in [-0.05, 0) is 55.9 Å². The molecule has 1 fully saturated rings. The van der Waals surface area contributed by atoms with Gasteiger partial charge in [-0.3, -0.25) is 9.80 Å². The van der Waals surface area contributed by atoms with E-state index in [2.05, 4.69) is 21.6 Å². The molecule has 0 unspecified atom stereocenters. The van der Waals surface area contributed by atoms with Crippen molar-refractivity contribution in [2.75, 3.05) is 18.4 Å². The number of anilines is 1. The Bertz CT molecular complexity index is 1140. The predicted molar refractivity (Wildman–Crippen MR) is 116 cm³/mol. The number of aromatic nitrogens is 3. The highest BCUT2D eigenvalue weighted by Gasteiger charge is 2.32. The standard InChI is InChI=1S/C21H19N7OS/c1-15-19(25-28(24-15)18-9-3-2-4-10-18)20(29)26-11-6-12-27(26)21(30)23-17-8-5-7-16(13-17)14-22/h2-5,7-10,13H,6,11-12H2,1H3,(H,23,30). The monoisotopic (exact) mass is 417 g/mol. The lowest BCUT2D eigenvalue weighted by Gasteiger charge is -2.29. The zero-order chi connectivity index (χ0) is 21.1. The lowest BCUT2D eigenvalue weighted by molar-refractivity contribution is 0.0494. The number of nitrogens with one attached hydrogen (secondary N) is 1. The van der Waals surface area contributed by atoms with E-state index in [0.29, 0.717) is 40.8 Å². The van der Waals surface area contributed by atoms with Crippen molar-refractivity contribution in [3.8, 4) is 11.8 Å². The molecular formula is C21H19N7OS. The van der Waals surface area contributed by atoms with Crippen LogP contribution in [0.25, 0.3) is 5.69 Å². The number of hydrogen-bond acceptors (Lipinski definition) is 5. The molecule has 2 heterocycles. The Hall–Kier alpha value is -3.77. The maximum absolute atomic E-state index is 13.2. The molecule has 30 heavy (non-hydrogen) atoms. The van der Waals surface area contributed by atoms with Crippen molar-refractivity contribution in [1.29, 1.82) is 5.26 Å². The second-order valence-corrected chi connectivity index (χ2v) is 7.17. The Balaban J connectivity index is 1.53. The molecule has 0 radical (unpaired) electrons. The van der Waals surface area contributed by atoms with E-state index >= 15 is 0 Å². The minimum Gasteiger partial charge on any atom is -0.331 e. The number of hydrazine groups is 1. The first-order valence-electron chi connectivity index (χ1n) is 9.46. The molecule has 0 atom stereocenters. The smallest absolute Gasteiger partial charge is 0.294 e. The van der Waals surface area contributed by atoms with Gasteiger partial charge in [-0.1, -0.05) is 24.3 Å². The zero-order valence-corrected chi connectivity index (χ0v) is 17.1. The molecule has 150 valence electrons. The zero-order valence-electron chi connectivity index (χ0n) is 16.3. The van der Waals surface area contributed by atoms with E-state index in [1.54, 1.807) is 35.1 Å². The summed E-state index contributed by atoms with van der Waals surface area (Å²) in [6, 6.07) is 18.6. The summed E-state index contributed by atoms with van der Waals surface area (Å²) >= 11 is 5.53. The average molecular weight is 417 g/mol. The Morgan fingerprint density at radius 2 is 1.87 bits per heavy atom. The normalized spacial score (nSPS) is 13.2. The van der Waals surface area contributed by atoms with Crippen LogP contribution in [0.1, 0.15) is 28.2 Å². The van der Waals surface area contributed by atoms with Gasteiger partial charge in [0, 0.05) is 18.8 Å². The number of para-hydroxylation sites is 1. The van der Waals surface area contributed by atoms with Gasteiger partial charge in [-0.25, -0.2) is 5.01 Å². The van der Waals surface area contributed by atoms with Crippen molar-refractivity contribution in [3.63, 3.8) is 0 Å². The lowest BCUT2D eigenvalue weighted by atomic mass is 10.2. The van der Waals surface area contributed by atoms with Crippen LogP contribution in [0.3, 0.4) is 0 Å². The van der Waals surface area contributed by atoms with Gasteiger partial charge in [-0.15, -0.1) is 5.10 Å². The molecule has 9 heteroatoms. The number of aryl methyl sites for hydroxylation is 1. The van der Waals surface area contributed by atoms with E-state index in [4.69, 9.17) is 17.5 Å². The highest BCUT2D eigenvalue weighted by Crippen LogP contribution is 2.19. The Kier molecular flexibility index (Phi) is 5.41. The summed E-state index contributed by atoms with van der Waals surface area (Å²) in [5, 5.41) is 24.7. The third-order valence-electron chi connectivity index (χ3n) is 4.71. The molecule has 0 spiro atoms. The topological polar surface area (TPSA) is 90.1 Å². The summed E-state index contributed by atoms with van der Waals surface area (Å²) in [4.78, 5) is 14.7. The van der Waals surface area contributed by atoms with Crippen molar-refractivity contribution >= 4 is 28.9 Å². The number of benzene rings is 2. The SMILES string of the molecule is Cc1nn(-c2ccccc2)nc1C(=O)N1CCCN1C(=S)Nc1cccc(C#N)c1. The van der Waals surface area contributed by atoms with Gasteiger partial charge in [-0.2, -0.15) is 15.2 Å². The lowest BCUT2D eigenvalue weighted by Crippen LogP contribution is -2.46. The fourth-order valence-corrected chi connectivity index (χ4v) is 3.57. The van der Waals surface area contributed by atoms with E-state index in [1.165, 1.54) is 4.80 Å². The third kappa shape index (κ3) is 3.86. The van der Waals surface area contributed by atoms with Crippen LogP contribution in [0.5, 0.6) is 0 Å². The molecule has 8 nitrogen and oxygen atoms in total. The quantitative estimate of drug-likeness (QED) is 0.655. The average Bonchev–Trinajstić information content (AvgIpc) is 3.41. The van der Waals surface area contributed by atoms with Crippen molar-refractivity contribution in [1.82, 2.24) is 25.0 Å². The summed E-state index contributed by atoms with van der Waals surface area (Å²) in [6.45, 7) is 2.92. The minimum atomic E-state index is -0.248. The summed E-state index contributed by atoms with van der Waals surface area (Å²) < 4.78 is 0. The molecule has 1 N–H and O–H groups in total. The van der Waals surface area contributed by atoms with Crippen LogP contribution in [0, 0.1) is 18.3 Å². The number of hydrogen-bond donors (Lipinski definition) is 1. The predicted octanol–water partition coefficient (Wildman–Crippen LogP) is 2.91. The van der Waals surface area contributed by atoms with Crippen LogP contribution in [0.15, 0.2) is 54.6 Å². The maximum atomic E-state index is 13.2. The third-order valence-corrected chi connectivity index (χ3v) is 5.03. The van der Waals surface area contributed by atoms with Crippen LogP contribution in [0.4, 0.5) is 5.69 Å². The second-order valence-electron chi connectivity index (χ2n) is 6.79. The molecule has 0 bridgehead atoms. The van der Waals surface area contributed by atoms with E-state index in [9.17, 15) is 4.79 Å². The first kappa shape index (κ1) is 19.5. The summed E-state index contributed by atoms with van der Waals surface area (Å²) in [7, 11) is 0. The molecule has 1 aromatic heterocycles. The van der Waals surface area contributed by atoms with E-state index in [-0.39, 0.29) is 5.91 Å². The highest BCUT2D eigenvalue weighted by molar-refractivity contribution is 7.80. The van der Waals surface area contributed by atoms with Gasteiger partial charge in [0.05, 0.1) is 23.0 Å².